The first-order valence-corrected chi connectivity index (χ1v) is 6.83. The highest BCUT2D eigenvalue weighted by atomic mass is 16.3. The van der Waals surface area contributed by atoms with Crippen LogP contribution in [0.15, 0.2) is 10.7 Å². The van der Waals surface area contributed by atoms with E-state index in [9.17, 15) is 4.79 Å². The first-order chi connectivity index (χ1) is 9.20. The highest BCUT2D eigenvalue weighted by Crippen LogP contribution is 2.08. The molecule has 1 aliphatic rings. The van der Waals surface area contributed by atoms with E-state index in [2.05, 4.69) is 15.2 Å². The van der Waals surface area contributed by atoms with Crippen molar-refractivity contribution in [2.75, 3.05) is 39.8 Å². The van der Waals surface area contributed by atoms with Gasteiger partial charge in [0.25, 0.3) is 5.91 Å². The quantitative estimate of drug-likeness (QED) is 0.844. The van der Waals surface area contributed by atoms with Gasteiger partial charge in [-0.05, 0) is 6.42 Å². The zero-order valence-corrected chi connectivity index (χ0v) is 11.7. The molecular weight excluding hydrogens is 244 g/mol. The predicted molar refractivity (Wildman–Crippen MR) is 71.9 cm³/mol. The number of amides is 1. The Morgan fingerprint density at radius 3 is 2.95 bits per heavy atom. The molecule has 1 aliphatic heterocycles. The maximum absolute atomic E-state index is 12.0. The lowest BCUT2D eigenvalue weighted by atomic mass is 10.3. The number of aromatic nitrogens is 1. The van der Waals surface area contributed by atoms with E-state index in [1.54, 1.807) is 11.9 Å². The lowest BCUT2D eigenvalue weighted by Crippen LogP contribution is -2.42. The summed E-state index contributed by atoms with van der Waals surface area (Å²) in [7, 11) is 1.79. The summed E-state index contributed by atoms with van der Waals surface area (Å²) in [6, 6.07) is 0. The van der Waals surface area contributed by atoms with Gasteiger partial charge < -0.3 is 14.6 Å². The Labute approximate surface area is 113 Å². The molecule has 0 saturated carbocycles. The highest BCUT2D eigenvalue weighted by molar-refractivity contribution is 5.91. The normalized spacial score (nSPS) is 16.5. The molecule has 1 amide bonds. The monoisotopic (exact) mass is 266 g/mol. The number of nitrogens with zero attached hydrogens (tertiary/aromatic N) is 3. The average molecular weight is 266 g/mol. The van der Waals surface area contributed by atoms with Crippen molar-refractivity contribution >= 4 is 5.91 Å². The third kappa shape index (κ3) is 3.78. The van der Waals surface area contributed by atoms with E-state index in [-0.39, 0.29) is 5.91 Å². The van der Waals surface area contributed by atoms with Crippen molar-refractivity contribution < 1.29 is 9.21 Å². The zero-order valence-electron chi connectivity index (χ0n) is 11.7. The van der Waals surface area contributed by atoms with Gasteiger partial charge in [-0.3, -0.25) is 9.69 Å². The number of hydrogen-bond acceptors (Lipinski definition) is 5. The van der Waals surface area contributed by atoms with E-state index in [1.165, 1.54) is 6.26 Å². The second-order valence-corrected chi connectivity index (χ2v) is 4.88. The van der Waals surface area contributed by atoms with E-state index in [4.69, 9.17) is 4.42 Å². The van der Waals surface area contributed by atoms with Gasteiger partial charge in [0.2, 0.25) is 5.89 Å². The van der Waals surface area contributed by atoms with Crippen molar-refractivity contribution in [1.29, 1.82) is 0 Å². The molecule has 6 heteroatoms. The zero-order chi connectivity index (χ0) is 13.7. The third-order valence-corrected chi connectivity index (χ3v) is 3.25. The summed E-state index contributed by atoms with van der Waals surface area (Å²) in [6.45, 7) is 7.41. The topological polar surface area (TPSA) is 61.6 Å². The number of hydrogen-bond donors (Lipinski definition) is 1. The summed E-state index contributed by atoms with van der Waals surface area (Å²) in [5, 5.41) is 3.30. The second-order valence-electron chi connectivity index (χ2n) is 4.88. The van der Waals surface area contributed by atoms with Crippen LogP contribution in [0.25, 0.3) is 0 Å². The molecule has 1 aromatic rings. The molecule has 0 unspecified atom stereocenters. The second kappa shape index (κ2) is 6.68. The predicted octanol–water partition coefficient (Wildman–Crippen LogP) is 0.562. The van der Waals surface area contributed by atoms with E-state index in [1.807, 2.05) is 6.92 Å². The minimum absolute atomic E-state index is 0.0721. The number of nitrogens with one attached hydrogen (secondary N) is 1. The van der Waals surface area contributed by atoms with Crippen molar-refractivity contribution in [1.82, 2.24) is 20.1 Å². The largest absolute Gasteiger partial charge is 0.447 e. The molecule has 0 aromatic carbocycles. The Hall–Kier alpha value is -1.40. The highest BCUT2D eigenvalue weighted by Gasteiger charge is 2.18. The third-order valence-electron chi connectivity index (χ3n) is 3.25. The fourth-order valence-corrected chi connectivity index (χ4v) is 2.17. The Morgan fingerprint density at radius 1 is 1.53 bits per heavy atom. The maximum Gasteiger partial charge on any atom is 0.275 e. The average Bonchev–Trinajstić information content (AvgIpc) is 2.88. The molecular formula is C13H22N4O2. The van der Waals surface area contributed by atoms with Gasteiger partial charge in [0.15, 0.2) is 5.69 Å². The van der Waals surface area contributed by atoms with Gasteiger partial charge >= 0.3 is 0 Å². The minimum atomic E-state index is -0.0721. The van der Waals surface area contributed by atoms with Crippen LogP contribution in [0.2, 0.25) is 0 Å². The molecule has 0 atom stereocenters. The lowest BCUT2D eigenvalue weighted by molar-refractivity contribution is 0.0789. The summed E-state index contributed by atoms with van der Waals surface area (Å²) in [6.07, 6.45) is 2.40. The summed E-state index contributed by atoms with van der Waals surface area (Å²) in [5.74, 6) is 0.548. The fraction of sp³-hybridized carbons (Fsp3) is 0.692. The van der Waals surface area contributed by atoms with Gasteiger partial charge in [-0.25, -0.2) is 4.98 Å². The van der Waals surface area contributed by atoms with Crippen LogP contribution in [-0.4, -0.2) is 60.5 Å². The lowest BCUT2D eigenvalue weighted by Gasteiger charge is -2.25. The van der Waals surface area contributed by atoms with Gasteiger partial charge in [0.05, 0.1) is 6.54 Å². The Balaban J connectivity index is 1.92. The number of carbonyl (C=O) groups is 1. The number of rotatable bonds is 5. The first kappa shape index (κ1) is 14.0. The Kier molecular flexibility index (Phi) is 4.93. The van der Waals surface area contributed by atoms with Crippen molar-refractivity contribution in [3.63, 3.8) is 0 Å². The van der Waals surface area contributed by atoms with Crippen LogP contribution >= 0.6 is 0 Å². The molecule has 0 radical (unpaired) electrons. The molecule has 1 N–H and O–H groups in total. The number of oxazole rings is 1. The van der Waals surface area contributed by atoms with Gasteiger partial charge in [0, 0.05) is 39.8 Å². The van der Waals surface area contributed by atoms with Crippen LogP contribution in [0.1, 0.15) is 29.7 Å². The molecule has 106 valence electrons. The first-order valence-electron chi connectivity index (χ1n) is 6.83. The van der Waals surface area contributed by atoms with E-state index in [0.29, 0.717) is 18.1 Å². The Bertz CT molecular complexity index is 413. The van der Waals surface area contributed by atoms with Crippen LogP contribution in [0.5, 0.6) is 0 Å². The molecule has 1 saturated heterocycles. The van der Waals surface area contributed by atoms with Gasteiger partial charge in [-0.1, -0.05) is 6.92 Å². The van der Waals surface area contributed by atoms with E-state index >= 15 is 0 Å². The van der Waals surface area contributed by atoms with Crippen molar-refractivity contribution in [2.24, 2.45) is 0 Å². The molecule has 2 rings (SSSR count). The summed E-state index contributed by atoms with van der Waals surface area (Å²) < 4.78 is 5.40. The number of carbonyl (C=O) groups excluding carboxylic acids is 1. The maximum atomic E-state index is 12.0. The molecule has 1 fully saturated rings. The van der Waals surface area contributed by atoms with E-state index in [0.717, 1.165) is 39.1 Å². The Morgan fingerprint density at radius 2 is 2.26 bits per heavy atom. The minimum Gasteiger partial charge on any atom is -0.447 e. The summed E-state index contributed by atoms with van der Waals surface area (Å²) >= 11 is 0. The SMILES string of the molecule is CCCN(C)C(=O)c1coc(CN2CCNCC2)n1. The molecule has 0 bridgehead atoms. The van der Waals surface area contributed by atoms with Crippen LogP contribution in [-0.2, 0) is 6.54 Å². The van der Waals surface area contributed by atoms with Crippen LogP contribution in [0, 0.1) is 0 Å². The van der Waals surface area contributed by atoms with Crippen molar-refractivity contribution in [3.05, 3.63) is 17.8 Å². The van der Waals surface area contributed by atoms with Gasteiger partial charge in [-0.15, -0.1) is 0 Å². The van der Waals surface area contributed by atoms with Crippen LogP contribution in [0.3, 0.4) is 0 Å². The van der Waals surface area contributed by atoms with Gasteiger partial charge in [-0.2, -0.15) is 0 Å². The summed E-state index contributed by atoms with van der Waals surface area (Å²) in [4.78, 5) is 20.3. The smallest absolute Gasteiger partial charge is 0.275 e. The summed E-state index contributed by atoms with van der Waals surface area (Å²) in [5.41, 5.74) is 0.404. The van der Waals surface area contributed by atoms with Gasteiger partial charge in [0.1, 0.15) is 6.26 Å². The standard InChI is InChI=1S/C13H22N4O2/c1-3-6-16(2)13(18)11-10-19-12(15-11)9-17-7-4-14-5-8-17/h10,14H,3-9H2,1-2H3. The van der Waals surface area contributed by atoms with Crippen LogP contribution in [0.4, 0.5) is 0 Å². The van der Waals surface area contributed by atoms with Crippen molar-refractivity contribution in [3.8, 4) is 0 Å². The molecule has 6 nitrogen and oxygen atoms in total. The molecule has 0 spiro atoms. The number of piperazine rings is 1. The molecule has 0 aliphatic carbocycles. The van der Waals surface area contributed by atoms with Crippen molar-refractivity contribution in [2.45, 2.75) is 19.9 Å². The molecule has 2 heterocycles. The molecule has 19 heavy (non-hydrogen) atoms. The van der Waals surface area contributed by atoms with E-state index < -0.39 is 0 Å². The van der Waals surface area contributed by atoms with Crippen LogP contribution < -0.4 is 5.32 Å². The molecule has 1 aromatic heterocycles. The fourth-order valence-electron chi connectivity index (χ4n) is 2.17.